The maximum absolute atomic E-state index is 12.9. The highest BCUT2D eigenvalue weighted by molar-refractivity contribution is 5.90. The zero-order valence-electron chi connectivity index (χ0n) is 13.5. The van der Waals surface area contributed by atoms with Crippen molar-refractivity contribution in [3.63, 3.8) is 0 Å². The highest BCUT2D eigenvalue weighted by Crippen LogP contribution is 2.30. The first-order chi connectivity index (χ1) is 11.8. The smallest absolute Gasteiger partial charge is 0.416 e. The molecule has 0 unspecified atom stereocenters. The van der Waals surface area contributed by atoms with E-state index in [9.17, 15) is 22.8 Å². The summed E-state index contributed by atoms with van der Waals surface area (Å²) in [7, 11) is 1.26. The first-order valence-electron chi connectivity index (χ1n) is 7.81. The molecule has 1 aliphatic rings. The topological polar surface area (TPSA) is 48.3 Å². The van der Waals surface area contributed by atoms with Gasteiger partial charge >= 0.3 is 12.1 Å². The van der Waals surface area contributed by atoms with Crippen molar-refractivity contribution in [1.82, 2.24) is 4.57 Å². The molecule has 0 aliphatic carbocycles. The van der Waals surface area contributed by atoms with Crippen LogP contribution in [0, 0.1) is 0 Å². The van der Waals surface area contributed by atoms with Crippen molar-refractivity contribution in [1.29, 1.82) is 0 Å². The van der Waals surface area contributed by atoms with Crippen LogP contribution in [0.25, 0.3) is 0 Å². The normalized spacial score (nSPS) is 13.6. The second kappa shape index (κ2) is 6.38. The number of ether oxygens (including phenoxy) is 1. The molecule has 0 saturated carbocycles. The summed E-state index contributed by atoms with van der Waals surface area (Å²) in [6, 6.07) is 6.30. The lowest BCUT2D eigenvalue weighted by molar-refractivity contribution is -0.137. The molecule has 0 saturated heterocycles. The Morgan fingerprint density at radius 1 is 1.28 bits per heavy atom. The van der Waals surface area contributed by atoms with E-state index in [4.69, 9.17) is 4.74 Å². The van der Waals surface area contributed by atoms with Gasteiger partial charge in [0.2, 0.25) is 0 Å². The van der Waals surface area contributed by atoms with E-state index in [-0.39, 0.29) is 17.5 Å². The number of nitrogens with zero attached hydrogens (tertiary/aromatic N) is 1. The SMILES string of the molecule is COC(=O)c1cc(Cc2cccc(C(F)(F)F)c2)c(=O)n2c1CCC2. The molecule has 132 valence electrons. The van der Waals surface area contributed by atoms with Crippen LogP contribution in [0.15, 0.2) is 35.1 Å². The van der Waals surface area contributed by atoms with E-state index in [2.05, 4.69) is 0 Å². The molecule has 1 aromatic heterocycles. The third-order valence-electron chi connectivity index (χ3n) is 4.32. The lowest BCUT2D eigenvalue weighted by Gasteiger charge is -2.13. The average Bonchev–Trinajstić information content (AvgIpc) is 3.06. The second-order valence-corrected chi connectivity index (χ2v) is 5.96. The lowest BCUT2D eigenvalue weighted by atomic mass is 10.0. The minimum atomic E-state index is -4.44. The highest BCUT2D eigenvalue weighted by atomic mass is 19.4. The molecule has 3 rings (SSSR count). The van der Waals surface area contributed by atoms with Crippen molar-refractivity contribution in [3.8, 4) is 0 Å². The molecule has 2 heterocycles. The van der Waals surface area contributed by atoms with Gasteiger partial charge in [-0.15, -0.1) is 0 Å². The molecular weight excluding hydrogens is 335 g/mol. The highest BCUT2D eigenvalue weighted by Gasteiger charge is 2.30. The monoisotopic (exact) mass is 351 g/mol. The van der Waals surface area contributed by atoms with E-state index in [0.717, 1.165) is 18.6 Å². The number of hydrogen-bond acceptors (Lipinski definition) is 3. The molecule has 7 heteroatoms. The van der Waals surface area contributed by atoms with Crippen LogP contribution < -0.4 is 5.56 Å². The number of halogens is 3. The van der Waals surface area contributed by atoms with E-state index >= 15 is 0 Å². The van der Waals surface area contributed by atoms with Crippen molar-refractivity contribution < 1.29 is 22.7 Å². The molecule has 0 N–H and O–H groups in total. The number of benzene rings is 1. The van der Waals surface area contributed by atoms with Gasteiger partial charge in [-0.2, -0.15) is 13.2 Å². The molecule has 4 nitrogen and oxygen atoms in total. The van der Waals surface area contributed by atoms with Crippen LogP contribution in [0.2, 0.25) is 0 Å². The third kappa shape index (κ3) is 3.31. The van der Waals surface area contributed by atoms with Crippen LogP contribution in [-0.2, 0) is 30.3 Å². The Morgan fingerprint density at radius 3 is 2.72 bits per heavy atom. The summed E-state index contributed by atoms with van der Waals surface area (Å²) in [5.41, 5.74) is 0.551. The summed E-state index contributed by atoms with van der Waals surface area (Å²) < 4.78 is 44.9. The van der Waals surface area contributed by atoms with Crippen molar-refractivity contribution in [2.75, 3.05) is 7.11 Å². The lowest BCUT2D eigenvalue weighted by Crippen LogP contribution is -2.26. The van der Waals surface area contributed by atoms with Gasteiger partial charge in [0.15, 0.2) is 0 Å². The van der Waals surface area contributed by atoms with Crippen LogP contribution in [0.5, 0.6) is 0 Å². The van der Waals surface area contributed by atoms with Crippen LogP contribution in [0.1, 0.15) is 39.2 Å². The number of rotatable bonds is 3. The second-order valence-electron chi connectivity index (χ2n) is 5.96. The molecule has 1 aliphatic heterocycles. The molecule has 0 fully saturated rings. The van der Waals surface area contributed by atoms with Crippen LogP contribution in [0.3, 0.4) is 0 Å². The van der Waals surface area contributed by atoms with Crippen LogP contribution in [-0.4, -0.2) is 17.6 Å². The fourth-order valence-electron chi connectivity index (χ4n) is 3.16. The van der Waals surface area contributed by atoms with Gasteiger partial charge in [0.25, 0.3) is 5.56 Å². The fourth-order valence-corrected chi connectivity index (χ4v) is 3.16. The number of pyridine rings is 1. The standard InChI is InChI=1S/C18H16F3NO3/c1-25-17(24)14-10-12(16(23)22-7-3-6-15(14)22)8-11-4-2-5-13(9-11)18(19,20)21/h2,4-5,9-10H,3,6-8H2,1H3. The van der Waals surface area contributed by atoms with Crippen LogP contribution in [0.4, 0.5) is 13.2 Å². The number of alkyl halides is 3. The maximum Gasteiger partial charge on any atom is 0.416 e. The van der Waals surface area contributed by atoms with Gasteiger partial charge in [-0.1, -0.05) is 18.2 Å². The minimum absolute atomic E-state index is 0.0209. The molecule has 1 aromatic carbocycles. The van der Waals surface area contributed by atoms with Crippen molar-refractivity contribution in [2.24, 2.45) is 0 Å². The number of carbonyl (C=O) groups is 1. The molecule has 0 atom stereocenters. The predicted octanol–water partition coefficient (Wildman–Crippen LogP) is 3.19. The Labute approximate surface area is 141 Å². The number of fused-ring (bicyclic) bond motifs is 1. The Hall–Kier alpha value is -2.57. The third-order valence-corrected chi connectivity index (χ3v) is 4.32. The summed E-state index contributed by atoms with van der Waals surface area (Å²) in [5, 5.41) is 0. The van der Waals surface area contributed by atoms with Gasteiger partial charge in [-0.25, -0.2) is 4.79 Å². The summed E-state index contributed by atoms with van der Waals surface area (Å²) in [6.45, 7) is 0.495. The van der Waals surface area contributed by atoms with Crippen molar-refractivity contribution in [3.05, 3.63) is 68.6 Å². The molecule has 2 aromatic rings. The number of aromatic nitrogens is 1. The van der Waals surface area contributed by atoms with Crippen molar-refractivity contribution in [2.45, 2.75) is 32.0 Å². The number of hydrogen-bond donors (Lipinski definition) is 0. The van der Waals surface area contributed by atoms with E-state index in [1.165, 1.54) is 29.9 Å². The number of methoxy groups -OCH3 is 1. The first kappa shape index (κ1) is 17.3. The number of carbonyl (C=O) groups excluding carboxylic acids is 1. The summed E-state index contributed by atoms with van der Waals surface area (Å²) in [4.78, 5) is 24.6. The summed E-state index contributed by atoms with van der Waals surface area (Å²) in [6.07, 6.45) is -3.08. The molecule has 25 heavy (non-hydrogen) atoms. The average molecular weight is 351 g/mol. The molecule has 0 amide bonds. The van der Waals surface area contributed by atoms with Gasteiger partial charge < -0.3 is 9.30 Å². The zero-order valence-corrected chi connectivity index (χ0v) is 13.5. The molecule has 0 bridgehead atoms. The van der Waals surface area contributed by atoms with Gasteiger partial charge in [0.05, 0.1) is 18.2 Å². The fraction of sp³-hybridized carbons (Fsp3) is 0.333. The number of esters is 1. The largest absolute Gasteiger partial charge is 0.465 e. The van der Waals surface area contributed by atoms with E-state index in [1.54, 1.807) is 0 Å². The Kier molecular flexibility index (Phi) is 4.41. The van der Waals surface area contributed by atoms with Crippen molar-refractivity contribution >= 4 is 5.97 Å². The first-order valence-corrected chi connectivity index (χ1v) is 7.81. The summed E-state index contributed by atoms with van der Waals surface area (Å²) >= 11 is 0. The summed E-state index contributed by atoms with van der Waals surface area (Å²) in [5.74, 6) is -0.545. The Balaban J connectivity index is 2.04. The Bertz CT molecular complexity index is 884. The van der Waals surface area contributed by atoms with Gasteiger partial charge in [0, 0.05) is 24.2 Å². The van der Waals surface area contributed by atoms with Gasteiger partial charge in [0.1, 0.15) is 0 Å². The van der Waals surface area contributed by atoms with Gasteiger partial charge in [-0.05, 0) is 30.5 Å². The maximum atomic E-state index is 12.9. The predicted molar refractivity (Wildman–Crippen MR) is 84.6 cm³/mol. The van der Waals surface area contributed by atoms with Crippen LogP contribution >= 0.6 is 0 Å². The quantitative estimate of drug-likeness (QED) is 0.798. The van der Waals surface area contributed by atoms with Gasteiger partial charge in [-0.3, -0.25) is 4.79 Å². The van der Waals surface area contributed by atoms with E-state index in [0.29, 0.717) is 29.8 Å². The molecule has 0 radical (unpaired) electrons. The zero-order chi connectivity index (χ0) is 18.2. The van der Waals surface area contributed by atoms with E-state index in [1.807, 2.05) is 0 Å². The van der Waals surface area contributed by atoms with E-state index < -0.39 is 17.7 Å². The molecule has 0 spiro atoms. The minimum Gasteiger partial charge on any atom is -0.465 e. The molecular formula is C18H16F3NO3. The Morgan fingerprint density at radius 2 is 2.04 bits per heavy atom.